The molecule has 2 aliphatic rings. The van der Waals surface area contributed by atoms with Crippen LogP contribution in [0.15, 0.2) is 54.6 Å². The maximum Gasteiger partial charge on any atom is 0.155 e. The van der Waals surface area contributed by atoms with E-state index < -0.39 is 0 Å². The van der Waals surface area contributed by atoms with E-state index in [1.165, 1.54) is 10.8 Å². The molecule has 0 aromatic heterocycles. The first-order valence-electron chi connectivity index (χ1n) is 8.22. The summed E-state index contributed by atoms with van der Waals surface area (Å²) in [6, 6.07) is 18.8. The molecular formula is C20H19N3O. The lowest BCUT2D eigenvalue weighted by Crippen LogP contribution is -2.04. The van der Waals surface area contributed by atoms with Gasteiger partial charge in [-0.3, -0.25) is 0 Å². The number of rotatable bonds is 5. The number of aromatic nitrogens is 2. The molecule has 4 nitrogen and oxygen atoms in total. The van der Waals surface area contributed by atoms with Crippen molar-refractivity contribution in [3.05, 3.63) is 60.4 Å². The maximum atomic E-state index is 5.63. The lowest BCUT2D eigenvalue weighted by molar-refractivity contribution is 0.115. The molecule has 0 spiro atoms. The van der Waals surface area contributed by atoms with Crippen molar-refractivity contribution in [2.24, 2.45) is 5.73 Å². The van der Waals surface area contributed by atoms with E-state index in [-0.39, 0.29) is 0 Å². The molecule has 24 heavy (non-hydrogen) atoms. The normalized spacial score (nSPS) is 11.5. The molecule has 0 radical (unpaired) electrons. The predicted molar refractivity (Wildman–Crippen MR) is 97.0 cm³/mol. The Morgan fingerprint density at radius 2 is 1.42 bits per heavy atom. The van der Waals surface area contributed by atoms with E-state index in [0.717, 1.165) is 34.4 Å². The van der Waals surface area contributed by atoms with Gasteiger partial charge >= 0.3 is 0 Å². The lowest BCUT2D eigenvalue weighted by Gasteiger charge is -1.98. The molecule has 1 heterocycles. The summed E-state index contributed by atoms with van der Waals surface area (Å²) in [5, 5.41) is 4.56. The Kier molecular flexibility index (Phi) is 4.07. The van der Waals surface area contributed by atoms with E-state index in [1.807, 2.05) is 12.1 Å². The number of fused-ring (bicyclic) bond motifs is 5. The van der Waals surface area contributed by atoms with Crippen molar-refractivity contribution in [3.8, 4) is 11.4 Å². The molecule has 4 heteroatoms. The predicted octanol–water partition coefficient (Wildman–Crippen LogP) is 3.75. The molecule has 1 aliphatic heterocycles. The van der Waals surface area contributed by atoms with E-state index in [0.29, 0.717) is 19.8 Å². The van der Waals surface area contributed by atoms with Gasteiger partial charge in [0.15, 0.2) is 5.82 Å². The Labute approximate surface area is 140 Å². The average Bonchev–Trinajstić information content (AvgIpc) is 2.98. The third-order valence-corrected chi connectivity index (χ3v) is 4.17. The fourth-order valence-electron chi connectivity index (χ4n) is 3.02. The summed E-state index contributed by atoms with van der Waals surface area (Å²) < 4.78 is 5.63. The Morgan fingerprint density at radius 1 is 0.833 bits per heavy atom. The van der Waals surface area contributed by atoms with E-state index >= 15 is 0 Å². The highest BCUT2D eigenvalue weighted by molar-refractivity contribution is 6.06. The molecule has 0 atom stereocenters. The largest absolute Gasteiger partial charge is 0.373 e. The number of nitrogens with zero attached hydrogens (tertiary/aromatic N) is 2. The van der Waals surface area contributed by atoms with Gasteiger partial charge in [0.25, 0.3) is 0 Å². The Balaban J connectivity index is 1.89. The molecule has 0 saturated heterocycles. The van der Waals surface area contributed by atoms with Gasteiger partial charge in [-0.15, -0.1) is 0 Å². The van der Waals surface area contributed by atoms with Crippen LogP contribution in [0.1, 0.15) is 12.2 Å². The highest BCUT2D eigenvalue weighted by Crippen LogP contribution is 2.33. The van der Waals surface area contributed by atoms with Crippen LogP contribution in [0.3, 0.4) is 0 Å². The fraction of sp³-hybridized carbons (Fsp3) is 0.200. The second kappa shape index (κ2) is 6.51. The standard InChI is InChI=1S/C20H19N3O/c21-10-5-11-24-13-18-22-19-16-8-3-1-6-14(16)12-15-7-2-4-9-17(15)20(19)23-18/h1-4,6-9,12H,5,10-11,13,21H2. The van der Waals surface area contributed by atoms with Gasteiger partial charge < -0.3 is 10.5 Å². The van der Waals surface area contributed by atoms with E-state index in [4.69, 9.17) is 20.4 Å². The van der Waals surface area contributed by atoms with Crippen LogP contribution in [0.2, 0.25) is 0 Å². The number of hydrogen-bond donors (Lipinski definition) is 1. The number of nitrogens with two attached hydrogens (primary N) is 1. The Bertz CT molecular complexity index is 897. The first-order chi connectivity index (χ1) is 11.9. The summed E-state index contributed by atoms with van der Waals surface area (Å²) in [4.78, 5) is 9.52. The second-order valence-electron chi connectivity index (χ2n) is 5.85. The smallest absolute Gasteiger partial charge is 0.155 e. The zero-order valence-corrected chi connectivity index (χ0v) is 13.4. The summed E-state index contributed by atoms with van der Waals surface area (Å²) in [7, 11) is 0. The topological polar surface area (TPSA) is 61.0 Å². The quantitative estimate of drug-likeness (QED) is 0.569. The highest BCUT2D eigenvalue weighted by Gasteiger charge is 2.16. The van der Waals surface area contributed by atoms with Crippen LogP contribution in [-0.2, 0) is 11.3 Å². The van der Waals surface area contributed by atoms with Gasteiger partial charge in [-0.1, -0.05) is 48.5 Å². The maximum absolute atomic E-state index is 5.63. The second-order valence-corrected chi connectivity index (χ2v) is 5.85. The molecule has 1 aliphatic carbocycles. The zero-order chi connectivity index (χ0) is 16.4. The zero-order valence-electron chi connectivity index (χ0n) is 13.4. The molecule has 0 fully saturated rings. The molecule has 2 aromatic rings. The fourth-order valence-corrected chi connectivity index (χ4v) is 3.02. The number of ether oxygens (including phenoxy) is 1. The van der Waals surface area contributed by atoms with Crippen molar-refractivity contribution in [1.82, 2.24) is 9.97 Å². The number of imidazole rings is 1. The first kappa shape index (κ1) is 15.0. The van der Waals surface area contributed by atoms with Gasteiger partial charge in [-0.2, -0.15) is 0 Å². The first-order valence-corrected chi connectivity index (χ1v) is 8.22. The molecule has 0 unspecified atom stereocenters. The van der Waals surface area contributed by atoms with Gasteiger partial charge in [0, 0.05) is 17.4 Å². The van der Waals surface area contributed by atoms with Crippen LogP contribution in [0, 0.1) is 0 Å². The van der Waals surface area contributed by atoms with Gasteiger partial charge in [0.2, 0.25) is 0 Å². The van der Waals surface area contributed by atoms with Crippen LogP contribution in [-0.4, -0.2) is 23.1 Å². The van der Waals surface area contributed by atoms with Gasteiger partial charge in [0.05, 0.1) is 11.4 Å². The van der Waals surface area contributed by atoms with Crippen molar-refractivity contribution in [1.29, 1.82) is 0 Å². The third kappa shape index (κ3) is 2.70. The monoisotopic (exact) mass is 317 g/mol. The molecule has 2 aromatic carbocycles. The summed E-state index contributed by atoms with van der Waals surface area (Å²) >= 11 is 0. The van der Waals surface area contributed by atoms with Gasteiger partial charge in [-0.25, -0.2) is 9.97 Å². The van der Waals surface area contributed by atoms with Crippen LogP contribution >= 0.6 is 0 Å². The molecular weight excluding hydrogens is 298 g/mol. The van der Waals surface area contributed by atoms with E-state index in [9.17, 15) is 0 Å². The molecule has 120 valence electrons. The van der Waals surface area contributed by atoms with Crippen molar-refractivity contribution >= 4 is 21.5 Å². The summed E-state index contributed by atoms with van der Waals surface area (Å²) in [6.07, 6.45) is 0.848. The minimum Gasteiger partial charge on any atom is -0.373 e. The Morgan fingerprint density at radius 3 is 2.00 bits per heavy atom. The SMILES string of the molecule is NCCCOCc1nc2c3ccccc3cc3ccccc3c-2n1. The van der Waals surface area contributed by atoms with Crippen molar-refractivity contribution in [3.63, 3.8) is 0 Å². The van der Waals surface area contributed by atoms with Crippen LogP contribution < -0.4 is 5.73 Å². The highest BCUT2D eigenvalue weighted by atomic mass is 16.5. The molecule has 0 saturated carbocycles. The minimum atomic E-state index is 0.418. The van der Waals surface area contributed by atoms with Crippen LogP contribution in [0.5, 0.6) is 0 Å². The average molecular weight is 317 g/mol. The van der Waals surface area contributed by atoms with Gasteiger partial charge in [-0.05, 0) is 29.8 Å². The molecule has 0 amide bonds. The Hall–Kier alpha value is -2.56. The van der Waals surface area contributed by atoms with Crippen molar-refractivity contribution in [2.75, 3.05) is 13.2 Å². The lowest BCUT2D eigenvalue weighted by atomic mass is 10.1. The summed E-state index contributed by atoms with van der Waals surface area (Å²) in [5.41, 5.74) is 7.37. The number of hydrogen-bond acceptors (Lipinski definition) is 4. The molecule has 4 rings (SSSR count). The third-order valence-electron chi connectivity index (χ3n) is 4.17. The van der Waals surface area contributed by atoms with E-state index in [1.54, 1.807) is 0 Å². The van der Waals surface area contributed by atoms with Crippen LogP contribution in [0.4, 0.5) is 0 Å². The summed E-state index contributed by atoms with van der Waals surface area (Å²) in [6.45, 7) is 1.69. The summed E-state index contributed by atoms with van der Waals surface area (Å²) in [5.74, 6) is 0.725. The van der Waals surface area contributed by atoms with Gasteiger partial charge in [0.1, 0.15) is 6.61 Å². The molecule has 0 bridgehead atoms. The van der Waals surface area contributed by atoms with Crippen LogP contribution in [0.25, 0.3) is 32.9 Å². The number of benzene rings is 2. The van der Waals surface area contributed by atoms with E-state index in [2.05, 4.69) is 42.5 Å². The van der Waals surface area contributed by atoms with Crippen molar-refractivity contribution in [2.45, 2.75) is 13.0 Å². The minimum absolute atomic E-state index is 0.418. The van der Waals surface area contributed by atoms with Crippen molar-refractivity contribution < 1.29 is 4.74 Å². The molecule has 2 N–H and O–H groups in total.